The van der Waals surface area contributed by atoms with E-state index in [1.54, 1.807) is 23.1 Å². The summed E-state index contributed by atoms with van der Waals surface area (Å²) in [5.74, 6) is -0.263. The van der Waals surface area contributed by atoms with E-state index < -0.39 is 20.2 Å². The van der Waals surface area contributed by atoms with Crippen molar-refractivity contribution in [1.82, 2.24) is 17.8 Å². The van der Waals surface area contributed by atoms with Crippen LogP contribution in [-0.4, -0.2) is 93.4 Å². The van der Waals surface area contributed by atoms with Crippen molar-refractivity contribution in [2.45, 2.75) is 18.7 Å². The van der Waals surface area contributed by atoms with Crippen molar-refractivity contribution in [3.63, 3.8) is 0 Å². The van der Waals surface area contributed by atoms with Gasteiger partial charge in [0, 0.05) is 46.3 Å². The highest BCUT2D eigenvalue weighted by atomic mass is 32.2. The first-order valence-corrected chi connectivity index (χ1v) is 12.0. The smallest absolute Gasteiger partial charge is 0.282 e. The van der Waals surface area contributed by atoms with Gasteiger partial charge in [0.2, 0.25) is 15.9 Å². The molecular weight excluding hydrogens is 404 g/mol. The first kappa shape index (κ1) is 22.8. The predicted molar refractivity (Wildman–Crippen MR) is 106 cm³/mol. The summed E-state index contributed by atoms with van der Waals surface area (Å²) in [5.41, 5.74) is 0. The summed E-state index contributed by atoms with van der Waals surface area (Å²) in [7, 11) is -6.13. The molecule has 1 aromatic carbocycles. The van der Waals surface area contributed by atoms with Gasteiger partial charge in [-0.05, 0) is 26.0 Å². The number of carbonyl (C=O) groups excluding carboxylic acids is 1. The molecule has 1 aromatic rings. The third-order valence-corrected chi connectivity index (χ3v) is 8.62. The highest BCUT2D eigenvalue weighted by Gasteiger charge is 2.35. The summed E-state index contributed by atoms with van der Waals surface area (Å²) in [4.78, 5) is 14.0. The van der Waals surface area contributed by atoms with Gasteiger partial charge in [0.1, 0.15) is 0 Å². The lowest BCUT2D eigenvalue weighted by atomic mass is 10.4. The van der Waals surface area contributed by atoms with Crippen LogP contribution < -0.4 is 0 Å². The maximum absolute atomic E-state index is 12.8. The Morgan fingerprint density at radius 3 is 1.93 bits per heavy atom. The fraction of sp³-hybridized carbons (Fsp3) is 0.588. The zero-order chi connectivity index (χ0) is 20.9. The molecule has 0 aromatic heterocycles. The van der Waals surface area contributed by atoms with Crippen LogP contribution in [-0.2, 0) is 25.0 Å². The number of rotatable bonds is 8. The van der Waals surface area contributed by atoms with E-state index in [1.807, 2.05) is 13.8 Å². The number of nitrogens with zero attached hydrogens (tertiary/aromatic N) is 4. The molecule has 0 spiro atoms. The van der Waals surface area contributed by atoms with Gasteiger partial charge < -0.3 is 4.90 Å². The van der Waals surface area contributed by atoms with Crippen LogP contribution in [0.5, 0.6) is 0 Å². The van der Waals surface area contributed by atoms with Crippen molar-refractivity contribution in [1.29, 1.82) is 0 Å². The Morgan fingerprint density at radius 1 is 0.929 bits per heavy atom. The van der Waals surface area contributed by atoms with Gasteiger partial charge in [-0.2, -0.15) is 21.3 Å². The van der Waals surface area contributed by atoms with Gasteiger partial charge >= 0.3 is 0 Å². The molecule has 28 heavy (non-hydrogen) atoms. The molecule has 0 unspecified atom stereocenters. The zero-order valence-corrected chi connectivity index (χ0v) is 18.1. The van der Waals surface area contributed by atoms with Gasteiger partial charge in [-0.15, -0.1) is 0 Å². The van der Waals surface area contributed by atoms with E-state index in [1.165, 1.54) is 27.8 Å². The number of carbonyl (C=O) groups is 1. The quantitative estimate of drug-likeness (QED) is 0.578. The van der Waals surface area contributed by atoms with E-state index >= 15 is 0 Å². The molecule has 9 nitrogen and oxygen atoms in total. The fourth-order valence-corrected chi connectivity index (χ4v) is 5.76. The number of sulfonamides is 1. The van der Waals surface area contributed by atoms with Gasteiger partial charge in [-0.1, -0.05) is 18.2 Å². The van der Waals surface area contributed by atoms with Crippen LogP contribution in [0.1, 0.15) is 13.8 Å². The van der Waals surface area contributed by atoms with Crippen molar-refractivity contribution in [2.75, 3.05) is 52.9 Å². The van der Waals surface area contributed by atoms with Crippen molar-refractivity contribution in [3.8, 4) is 0 Å². The molecule has 1 amide bonds. The zero-order valence-electron chi connectivity index (χ0n) is 16.5. The molecule has 0 aliphatic carbocycles. The number of amides is 1. The SMILES string of the molecule is CCN(CC)C(=O)CN(C)S(=O)(=O)N1CCN(S(=O)(=O)c2ccccc2)CC1. The molecule has 158 valence electrons. The Labute approximate surface area is 167 Å². The Hall–Kier alpha value is -1.53. The highest BCUT2D eigenvalue weighted by Crippen LogP contribution is 2.19. The number of hydrogen-bond acceptors (Lipinski definition) is 5. The summed E-state index contributed by atoms with van der Waals surface area (Å²) in [5, 5.41) is 0. The topological polar surface area (TPSA) is 98.3 Å². The summed E-state index contributed by atoms with van der Waals surface area (Å²) >= 11 is 0. The van der Waals surface area contributed by atoms with Crippen LogP contribution in [0.4, 0.5) is 0 Å². The molecule has 2 rings (SSSR count). The first-order valence-electron chi connectivity index (χ1n) is 9.19. The van der Waals surface area contributed by atoms with Gasteiger partial charge in [-0.25, -0.2) is 8.42 Å². The van der Waals surface area contributed by atoms with E-state index in [-0.39, 0.29) is 43.5 Å². The van der Waals surface area contributed by atoms with Crippen LogP contribution in [0.2, 0.25) is 0 Å². The van der Waals surface area contributed by atoms with E-state index in [9.17, 15) is 21.6 Å². The molecule has 1 saturated heterocycles. The lowest BCUT2D eigenvalue weighted by Crippen LogP contribution is -2.54. The van der Waals surface area contributed by atoms with E-state index in [0.29, 0.717) is 13.1 Å². The van der Waals surface area contributed by atoms with E-state index in [0.717, 1.165) is 4.31 Å². The molecular formula is C17H28N4O5S2. The van der Waals surface area contributed by atoms with Crippen molar-refractivity contribution in [3.05, 3.63) is 30.3 Å². The van der Waals surface area contributed by atoms with Crippen molar-refractivity contribution < 1.29 is 21.6 Å². The van der Waals surface area contributed by atoms with Crippen LogP contribution in [0.15, 0.2) is 35.2 Å². The molecule has 0 N–H and O–H groups in total. The Balaban J connectivity index is 2.02. The molecule has 0 bridgehead atoms. The average Bonchev–Trinajstić information content (AvgIpc) is 2.69. The van der Waals surface area contributed by atoms with Crippen LogP contribution in [0, 0.1) is 0 Å². The Kier molecular flexibility index (Phi) is 7.57. The Bertz CT molecular complexity index is 862. The molecule has 1 fully saturated rings. The van der Waals surface area contributed by atoms with Crippen LogP contribution in [0.25, 0.3) is 0 Å². The summed E-state index contributed by atoms with van der Waals surface area (Å²) in [6.45, 7) is 4.66. The van der Waals surface area contributed by atoms with Gasteiger partial charge in [-0.3, -0.25) is 4.79 Å². The third kappa shape index (κ3) is 4.90. The number of piperazine rings is 1. The second-order valence-corrected chi connectivity index (χ2v) is 10.4. The third-order valence-electron chi connectivity index (χ3n) is 4.77. The maximum Gasteiger partial charge on any atom is 0.282 e. The van der Waals surface area contributed by atoms with E-state index in [4.69, 9.17) is 0 Å². The summed E-state index contributed by atoms with van der Waals surface area (Å²) < 4.78 is 54.4. The van der Waals surface area contributed by atoms with Gasteiger partial charge in [0.25, 0.3) is 10.2 Å². The van der Waals surface area contributed by atoms with Crippen LogP contribution in [0.3, 0.4) is 0 Å². The lowest BCUT2D eigenvalue weighted by molar-refractivity contribution is -0.130. The van der Waals surface area contributed by atoms with Crippen molar-refractivity contribution >= 4 is 26.1 Å². The minimum absolute atomic E-state index is 0.0399. The normalized spacial score (nSPS) is 17.0. The standard InChI is InChI=1S/C17H28N4O5S2/c1-4-19(5-2)17(22)15-18(3)28(25,26)21-13-11-20(12-14-21)27(23,24)16-9-7-6-8-10-16/h6-10H,4-5,11-15H2,1-3H3. The molecule has 0 radical (unpaired) electrons. The highest BCUT2D eigenvalue weighted by molar-refractivity contribution is 7.89. The maximum atomic E-state index is 12.8. The molecule has 1 aliphatic rings. The largest absolute Gasteiger partial charge is 0.342 e. The number of hydrogen-bond donors (Lipinski definition) is 0. The minimum Gasteiger partial charge on any atom is -0.342 e. The number of likely N-dealkylation sites (N-methyl/N-ethyl adjacent to an activating group) is 2. The number of benzene rings is 1. The summed E-state index contributed by atoms with van der Waals surface area (Å²) in [6.07, 6.45) is 0. The predicted octanol–water partition coefficient (Wildman–Crippen LogP) is 0.0379. The van der Waals surface area contributed by atoms with Gasteiger partial charge in [0.15, 0.2) is 0 Å². The molecule has 0 saturated carbocycles. The molecule has 11 heteroatoms. The van der Waals surface area contributed by atoms with Gasteiger partial charge in [0.05, 0.1) is 11.4 Å². The second-order valence-electron chi connectivity index (χ2n) is 6.45. The first-order chi connectivity index (χ1) is 13.1. The van der Waals surface area contributed by atoms with E-state index in [2.05, 4.69) is 0 Å². The summed E-state index contributed by atoms with van der Waals surface area (Å²) in [6, 6.07) is 8.07. The fourth-order valence-electron chi connectivity index (χ4n) is 3.03. The second kappa shape index (κ2) is 9.31. The average molecular weight is 433 g/mol. The minimum atomic E-state index is -3.84. The lowest BCUT2D eigenvalue weighted by Gasteiger charge is -2.35. The van der Waals surface area contributed by atoms with Crippen LogP contribution >= 0.6 is 0 Å². The Morgan fingerprint density at radius 2 is 1.43 bits per heavy atom. The molecule has 0 atom stereocenters. The molecule has 1 aliphatic heterocycles. The van der Waals surface area contributed by atoms with Crippen molar-refractivity contribution in [2.24, 2.45) is 0 Å². The molecule has 1 heterocycles. The monoisotopic (exact) mass is 432 g/mol.